The van der Waals surface area contributed by atoms with E-state index < -0.39 is 5.91 Å². The fraction of sp³-hybridized carbons (Fsp3) is 0.250. The highest BCUT2D eigenvalue weighted by Crippen LogP contribution is 2.06. The van der Waals surface area contributed by atoms with Gasteiger partial charge in [-0.2, -0.15) is 0 Å². The number of amides is 1. The monoisotopic (exact) mass is 249 g/mol. The van der Waals surface area contributed by atoms with Crippen LogP contribution in [0.2, 0.25) is 0 Å². The molecule has 5 nitrogen and oxygen atoms in total. The van der Waals surface area contributed by atoms with Crippen molar-refractivity contribution in [1.29, 1.82) is 0 Å². The van der Waals surface area contributed by atoms with Crippen LogP contribution in [-0.4, -0.2) is 22.6 Å². The van der Waals surface area contributed by atoms with Gasteiger partial charge in [-0.25, -0.2) is 4.39 Å². The first-order chi connectivity index (χ1) is 8.66. The molecule has 2 rings (SSSR count). The average molecular weight is 249 g/mol. The van der Waals surface area contributed by atoms with Crippen molar-refractivity contribution in [2.45, 2.75) is 13.3 Å². The van der Waals surface area contributed by atoms with Gasteiger partial charge in [-0.3, -0.25) is 4.79 Å². The highest BCUT2D eigenvalue weighted by atomic mass is 19.1. The lowest BCUT2D eigenvalue weighted by Crippen LogP contribution is -2.26. The topological polar surface area (TPSA) is 68.0 Å². The van der Waals surface area contributed by atoms with E-state index in [0.29, 0.717) is 24.4 Å². The predicted molar refractivity (Wildman–Crippen MR) is 61.5 cm³/mol. The second kappa shape index (κ2) is 5.39. The van der Waals surface area contributed by atoms with Crippen molar-refractivity contribution in [2.24, 2.45) is 0 Å². The van der Waals surface area contributed by atoms with Crippen LogP contribution in [0.15, 0.2) is 28.7 Å². The van der Waals surface area contributed by atoms with E-state index in [1.165, 1.54) is 6.07 Å². The fourth-order valence-electron chi connectivity index (χ4n) is 1.48. The van der Waals surface area contributed by atoms with Crippen molar-refractivity contribution in [2.75, 3.05) is 6.54 Å². The molecular formula is C12H12FN3O2. The van der Waals surface area contributed by atoms with Crippen molar-refractivity contribution in [3.63, 3.8) is 0 Å². The second-order valence-corrected chi connectivity index (χ2v) is 3.72. The van der Waals surface area contributed by atoms with E-state index in [4.69, 9.17) is 4.42 Å². The van der Waals surface area contributed by atoms with E-state index in [0.717, 1.165) is 0 Å². The molecule has 94 valence electrons. The number of aromatic nitrogens is 2. The van der Waals surface area contributed by atoms with Crippen LogP contribution in [0.1, 0.15) is 22.1 Å². The van der Waals surface area contributed by atoms with Crippen LogP contribution in [0, 0.1) is 12.7 Å². The largest absolute Gasteiger partial charge is 0.417 e. The zero-order valence-electron chi connectivity index (χ0n) is 9.81. The van der Waals surface area contributed by atoms with E-state index in [1.807, 2.05) is 0 Å². The highest BCUT2D eigenvalue weighted by molar-refractivity contribution is 5.89. The molecule has 1 aromatic heterocycles. The van der Waals surface area contributed by atoms with Crippen molar-refractivity contribution < 1.29 is 13.6 Å². The third-order valence-electron chi connectivity index (χ3n) is 2.36. The SMILES string of the molecule is Cc1nnc(C(=O)NCCc2ccccc2F)o1. The molecule has 0 bridgehead atoms. The zero-order valence-corrected chi connectivity index (χ0v) is 9.81. The number of benzene rings is 1. The Bertz CT molecular complexity index is 554. The normalized spacial score (nSPS) is 10.3. The minimum absolute atomic E-state index is 0.0824. The summed E-state index contributed by atoms with van der Waals surface area (Å²) in [5.74, 6) is -0.484. The molecule has 0 aliphatic rings. The van der Waals surface area contributed by atoms with Crippen LogP contribution in [0.5, 0.6) is 0 Å². The number of rotatable bonds is 4. The number of halogens is 1. The Balaban J connectivity index is 1.86. The summed E-state index contributed by atoms with van der Waals surface area (Å²) in [5.41, 5.74) is 0.555. The smallest absolute Gasteiger partial charge is 0.308 e. The summed E-state index contributed by atoms with van der Waals surface area (Å²) >= 11 is 0. The van der Waals surface area contributed by atoms with Gasteiger partial charge in [0, 0.05) is 13.5 Å². The first kappa shape index (κ1) is 12.2. The molecule has 0 atom stereocenters. The summed E-state index contributed by atoms with van der Waals surface area (Å²) in [4.78, 5) is 11.5. The number of hydrogen-bond donors (Lipinski definition) is 1. The van der Waals surface area contributed by atoms with Gasteiger partial charge in [-0.1, -0.05) is 18.2 Å². The molecule has 18 heavy (non-hydrogen) atoms. The van der Waals surface area contributed by atoms with Gasteiger partial charge in [0.25, 0.3) is 0 Å². The third kappa shape index (κ3) is 2.91. The molecule has 1 amide bonds. The number of carbonyl (C=O) groups excluding carboxylic acids is 1. The van der Waals surface area contributed by atoms with E-state index in [2.05, 4.69) is 15.5 Å². The summed E-state index contributed by atoms with van der Waals surface area (Å²) in [5, 5.41) is 9.72. The van der Waals surface area contributed by atoms with Crippen molar-refractivity contribution in [1.82, 2.24) is 15.5 Å². The van der Waals surface area contributed by atoms with Gasteiger partial charge in [0.15, 0.2) is 0 Å². The Morgan fingerprint density at radius 1 is 1.39 bits per heavy atom. The van der Waals surface area contributed by atoms with E-state index in [9.17, 15) is 9.18 Å². The first-order valence-corrected chi connectivity index (χ1v) is 5.48. The predicted octanol–water partition coefficient (Wildman–Crippen LogP) is 1.49. The molecule has 0 radical (unpaired) electrons. The van der Waals surface area contributed by atoms with E-state index in [1.54, 1.807) is 25.1 Å². The fourth-order valence-corrected chi connectivity index (χ4v) is 1.48. The Morgan fingerprint density at radius 2 is 2.17 bits per heavy atom. The summed E-state index contributed by atoms with van der Waals surface area (Å²) in [6.45, 7) is 1.91. The number of nitrogens with zero attached hydrogens (tertiary/aromatic N) is 2. The summed E-state index contributed by atoms with van der Waals surface area (Å²) in [6.07, 6.45) is 0.408. The highest BCUT2D eigenvalue weighted by Gasteiger charge is 2.12. The Morgan fingerprint density at radius 3 is 2.83 bits per heavy atom. The van der Waals surface area contributed by atoms with Gasteiger partial charge >= 0.3 is 11.8 Å². The minimum atomic E-state index is -0.452. The van der Waals surface area contributed by atoms with Crippen LogP contribution in [-0.2, 0) is 6.42 Å². The third-order valence-corrected chi connectivity index (χ3v) is 2.36. The maximum absolute atomic E-state index is 13.3. The number of nitrogens with one attached hydrogen (secondary N) is 1. The Kier molecular flexibility index (Phi) is 3.66. The Hall–Kier alpha value is -2.24. The molecule has 0 saturated carbocycles. The summed E-state index contributed by atoms with van der Waals surface area (Å²) in [6, 6.07) is 6.44. The van der Waals surface area contributed by atoms with Gasteiger partial charge in [-0.05, 0) is 18.1 Å². The molecule has 1 heterocycles. The zero-order chi connectivity index (χ0) is 13.0. The van der Waals surface area contributed by atoms with Crippen molar-refractivity contribution in [3.8, 4) is 0 Å². The molecule has 1 aromatic carbocycles. The lowest BCUT2D eigenvalue weighted by Gasteiger charge is -2.03. The Labute approximate surface area is 103 Å². The van der Waals surface area contributed by atoms with Gasteiger partial charge in [0.05, 0.1) is 0 Å². The standard InChI is InChI=1S/C12H12FN3O2/c1-8-15-16-12(18-8)11(17)14-7-6-9-4-2-3-5-10(9)13/h2-5H,6-7H2,1H3,(H,14,17). The summed E-state index contributed by atoms with van der Waals surface area (Å²) in [7, 11) is 0. The molecular weight excluding hydrogens is 237 g/mol. The average Bonchev–Trinajstić information content (AvgIpc) is 2.78. The molecule has 0 fully saturated rings. The van der Waals surface area contributed by atoms with E-state index in [-0.39, 0.29) is 11.7 Å². The molecule has 0 spiro atoms. The summed E-state index contributed by atoms with van der Waals surface area (Å²) < 4.78 is 18.3. The molecule has 0 aliphatic heterocycles. The number of carbonyl (C=O) groups is 1. The lowest BCUT2D eigenvalue weighted by atomic mass is 10.1. The molecule has 0 unspecified atom stereocenters. The molecule has 1 N–H and O–H groups in total. The molecule has 0 aliphatic carbocycles. The lowest BCUT2D eigenvalue weighted by molar-refractivity contribution is 0.0918. The van der Waals surface area contributed by atoms with Crippen LogP contribution >= 0.6 is 0 Å². The maximum atomic E-state index is 13.3. The van der Waals surface area contributed by atoms with Crippen molar-refractivity contribution >= 4 is 5.91 Å². The van der Waals surface area contributed by atoms with Gasteiger partial charge in [0.2, 0.25) is 5.89 Å². The molecule has 6 heteroatoms. The van der Waals surface area contributed by atoms with Crippen LogP contribution in [0.25, 0.3) is 0 Å². The van der Waals surface area contributed by atoms with Crippen LogP contribution in [0.3, 0.4) is 0 Å². The first-order valence-electron chi connectivity index (χ1n) is 5.48. The number of aryl methyl sites for hydroxylation is 1. The van der Waals surface area contributed by atoms with E-state index >= 15 is 0 Å². The molecule has 2 aromatic rings. The van der Waals surface area contributed by atoms with Gasteiger partial charge in [0.1, 0.15) is 5.82 Å². The minimum Gasteiger partial charge on any atom is -0.417 e. The van der Waals surface area contributed by atoms with Crippen LogP contribution in [0.4, 0.5) is 4.39 Å². The quantitative estimate of drug-likeness (QED) is 0.891. The van der Waals surface area contributed by atoms with Gasteiger partial charge < -0.3 is 9.73 Å². The van der Waals surface area contributed by atoms with Gasteiger partial charge in [-0.15, -0.1) is 10.2 Å². The maximum Gasteiger partial charge on any atom is 0.308 e. The number of hydrogen-bond acceptors (Lipinski definition) is 4. The molecule has 0 saturated heterocycles. The van der Waals surface area contributed by atoms with Crippen LogP contribution < -0.4 is 5.32 Å². The second-order valence-electron chi connectivity index (χ2n) is 3.72. The van der Waals surface area contributed by atoms with Crippen molar-refractivity contribution in [3.05, 3.63) is 47.4 Å².